The second kappa shape index (κ2) is 8.38. The van der Waals surface area contributed by atoms with Gasteiger partial charge in [0.15, 0.2) is 0 Å². The van der Waals surface area contributed by atoms with Gasteiger partial charge in [-0.15, -0.1) is 10.2 Å². The summed E-state index contributed by atoms with van der Waals surface area (Å²) in [7, 11) is 0. The molecular weight excluding hydrogens is 236 g/mol. The maximum absolute atomic E-state index is 8.98. The third kappa shape index (κ3) is 5.43. The summed E-state index contributed by atoms with van der Waals surface area (Å²) in [5.41, 5.74) is 0. The standard InChI is InChI=1S/C11H22N4OS/c1-3-5-12-11-14-13-10(17-11)9-15(6-4-2)7-8-16/h16H,3-9H2,1-2H3,(H,12,14). The van der Waals surface area contributed by atoms with Crippen molar-refractivity contribution in [2.45, 2.75) is 33.2 Å². The first kappa shape index (κ1) is 14.3. The zero-order chi connectivity index (χ0) is 12.5. The van der Waals surface area contributed by atoms with Crippen molar-refractivity contribution in [3.05, 3.63) is 5.01 Å². The van der Waals surface area contributed by atoms with E-state index in [1.54, 1.807) is 11.3 Å². The highest BCUT2D eigenvalue weighted by atomic mass is 32.1. The van der Waals surface area contributed by atoms with E-state index >= 15 is 0 Å². The molecule has 0 spiro atoms. The van der Waals surface area contributed by atoms with Crippen LogP contribution in [0.5, 0.6) is 0 Å². The molecule has 0 saturated carbocycles. The Hall–Kier alpha value is -0.720. The lowest BCUT2D eigenvalue weighted by Crippen LogP contribution is -2.27. The largest absolute Gasteiger partial charge is 0.395 e. The fourth-order valence-electron chi connectivity index (χ4n) is 1.54. The van der Waals surface area contributed by atoms with Gasteiger partial charge in [0.1, 0.15) is 5.01 Å². The Bertz CT molecular complexity index is 299. The van der Waals surface area contributed by atoms with Crippen LogP contribution in [0.15, 0.2) is 0 Å². The van der Waals surface area contributed by atoms with E-state index < -0.39 is 0 Å². The SMILES string of the molecule is CCCNc1nnc(CN(CCC)CCO)s1. The van der Waals surface area contributed by atoms with E-state index in [9.17, 15) is 0 Å². The third-order valence-corrected chi connectivity index (χ3v) is 3.17. The van der Waals surface area contributed by atoms with Crippen molar-refractivity contribution in [1.82, 2.24) is 15.1 Å². The summed E-state index contributed by atoms with van der Waals surface area (Å²) in [6.07, 6.45) is 2.17. The Balaban J connectivity index is 2.45. The van der Waals surface area contributed by atoms with Gasteiger partial charge in [-0.1, -0.05) is 25.2 Å². The molecule has 6 heteroatoms. The topological polar surface area (TPSA) is 61.3 Å². The molecule has 0 unspecified atom stereocenters. The van der Waals surface area contributed by atoms with Crippen LogP contribution >= 0.6 is 11.3 Å². The quantitative estimate of drug-likeness (QED) is 0.704. The van der Waals surface area contributed by atoms with Crippen LogP contribution in [0.25, 0.3) is 0 Å². The van der Waals surface area contributed by atoms with Crippen molar-refractivity contribution in [1.29, 1.82) is 0 Å². The number of hydrogen-bond donors (Lipinski definition) is 2. The van der Waals surface area contributed by atoms with E-state index in [2.05, 4.69) is 34.3 Å². The van der Waals surface area contributed by atoms with Gasteiger partial charge in [-0.05, 0) is 19.4 Å². The Morgan fingerprint density at radius 1 is 1.24 bits per heavy atom. The van der Waals surface area contributed by atoms with Crippen LogP contribution in [-0.4, -0.2) is 46.4 Å². The lowest BCUT2D eigenvalue weighted by molar-refractivity contribution is 0.190. The molecule has 0 aliphatic heterocycles. The number of nitrogens with one attached hydrogen (secondary N) is 1. The highest BCUT2D eigenvalue weighted by Crippen LogP contribution is 2.16. The lowest BCUT2D eigenvalue weighted by Gasteiger charge is -2.18. The predicted molar refractivity (Wildman–Crippen MR) is 71.3 cm³/mol. The molecule has 17 heavy (non-hydrogen) atoms. The molecule has 5 nitrogen and oxygen atoms in total. The van der Waals surface area contributed by atoms with E-state index in [-0.39, 0.29) is 6.61 Å². The summed E-state index contributed by atoms with van der Waals surface area (Å²) < 4.78 is 0. The van der Waals surface area contributed by atoms with Gasteiger partial charge in [0.05, 0.1) is 13.2 Å². The van der Waals surface area contributed by atoms with Crippen molar-refractivity contribution < 1.29 is 5.11 Å². The fourth-order valence-corrected chi connectivity index (χ4v) is 2.35. The molecule has 0 saturated heterocycles. The molecule has 0 aliphatic rings. The van der Waals surface area contributed by atoms with E-state index in [0.29, 0.717) is 6.54 Å². The van der Waals surface area contributed by atoms with E-state index in [4.69, 9.17) is 5.11 Å². The van der Waals surface area contributed by atoms with Crippen LogP contribution in [0.3, 0.4) is 0 Å². The first-order valence-electron chi connectivity index (χ1n) is 6.19. The number of aliphatic hydroxyl groups excluding tert-OH is 1. The number of nitrogens with zero attached hydrogens (tertiary/aromatic N) is 3. The summed E-state index contributed by atoms with van der Waals surface area (Å²) in [5, 5.41) is 22.4. The maximum atomic E-state index is 8.98. The average Bonchev–Trinajstić information content (AvgIpc) is 2.75. The second-order valence-corrected chi connectivity index (χ2v) is 4.99. The van der Waals surface area contributed by atoms with Crippen LogP contribution in [0.4, 0.5) is 5.13 Å². The molecule has 2 N–H and O–H groups in total. The van der Waals surface area contributed by atoms with Crippen molar-refractivity contribution in [2.75, 3.05) is 31.6 Å². The molecule has 1 heterocycles. The first-order chi connectivity index (χ1) is 8.30. The summed E-state index contributed by atoms with van der Waals surface area (Å²) in [6, 6.07) is 0. The molecule has 0 aromatic carbocycles. The Labute approximate surface area is 107 Å². The monoisotopic (exact) mass is 258 g/mol. The normalized spacial score (nSPS) is 11.1. The van der Waals surface area contributed by atoms with Gasteiger partial charge >= 0.3 is 0 Å². The molecule has 1 rings (SSSR count). The zero-order valence-electron chi connectivity index (χ0n) is 10.6. The van der Waals surface area contributed by atoms with Crippen LogP contribution in [0.2, 0.25) is 0 Å². The minimum Gasteiger partial charge on any atom is -0.395 e. The maximum Gasteiger partial charge on any atom is 0.205 e. The van der Waals surface area contributed by atoms with Gasteiger partial charge in [0.25, 0.3) is 0 Å². The van der Waals surface area contributed by atoms with Crippen molar-refractivity contribution in [3.8, 4) is 0 Å². The van der Waals surface area contributed by atoms with Crippen LogP contribution in [0.1, 0.15) is 31.7 Å². The summed E-state index contributed by atoms with van der Waals surface area (Å²) >= 11 is 1.60. The number of aliphatic hydroxyl groups is 1. The highest BCUT2D eigenvalue weighted by molar-refractivity contribution is 7.15. The first-order valence-corrected chi connectivity index (χ1v) is 7.01. The molecule has 1 aromatic heterocycles. The summed E-state index contributed by atoms with van der Waals surface area (Å²) in [5.74, 6) is 0. The summed E-state index contributed by atoms with van der Waals surface area (Å²) in [4.78, 5) is 2.20. The van der Waals surface area contributed by atoms with E-state index in [1.165, 1.54) is 0 Å². The Kier molecular flexibility index (Phi) is 7.07. The minimum atomic E-state index is 0.194. The molecule has 1 aromatic rings. The van der Waals surface area contributed by atoms with E-state index in [1.807, 2.05) is 0 Å². The minimum absolute atomic E-state index is 0.194. The van der Waals surface area contributed by atoms with Crippen molar-refractivity contribution in [2.24, 2.45) is 0 Å². The van der Waals surface area contributed by atoms with Crippen molar-refractivity contribution >= 4 is 16.5 Å². The van der Waals surface area contributed by atoms with Gasteiger partial charge in [0, 0.05) is 13.1 Å². The van der Waals surface area contributed by atoms with Gasteiger partial charge < -0.3 is 10.4 Å². The van der Waals surface area contributed by atoms with Crippen LogP contribution in [-0.2, 0) is 6.54 Å². The second-order valence-electron chi connectivity index (χ2n) is 3.93. The Morgan fingerprint density at radius 2 is 2.06 bits per heavy atom. The number of aromatic nitrogens is 2. The van der Waals surface area contributed by atoms with Crippen LogP contribution < -0.4 is 5.32 Å². The highest BCUT2D eigenvalue weighted by Gasteiger charge is 2.09. The zero-order valence-corrected chi connectivity index (χ0v) is 11.5. The number of hydrogen-bond acceptors (Lipinski definition) is 6. The molecule has 0 bridgehead atoms. The molecule has 0 fully saturated rings. The van der Waals surface area contributed by atoms with Crippen LogP contribution in [0, 0.1) is 0 Å². The van der Waals surface area contributed by atoms with Gasteiger partial charge in [-0.2, -0.15) is 0 Å². The number of anilines is 1. The number of rotatable bonds is 9. The third-order valence-electron chi connectivity index (χ3n) is 2.31. The van der Waals surface area contributed by atoms with Gasteiger partial charge in [-0.25, -0.2) is 0 Å². The molecule has 0 radical (unpaired) electrons. The Morgan fingerprint density at radius 3 is 2.71 bits per heavy atom. The fraction of sp³-hybridized carbons (Fsp3) is 0.818. The van der Waals surface area contributed by atoms with Gasteiger partial charge in [-0.3, -0.25) is 4.90 Å². The molecule has 0 aliphatic carbocycles. The lowest BCUT2D eigenvalue weighted by atomic mass is 10.4. The van der Waals surface area contributed by atoms with E-state index in [0.717, 1.165) is 42.6 Å². The summed E-state index contributed by atoms with van der Waals surface area (Å²) in [6.45, 7) is 7.85. The molecular formula is C11H22N4OS. The molecule has 0 atom stereocenters. The molecule has 0 amide bonds. The average molecular weight is 258 g/mol. The van der Waals surface area contributed by atoms with Crippen molar-refractivity contribution in [3.63, 3.8) is 0 Å². The molecule has 98 valence electrons. The predicted octanol–water partition coefficient (Wildman–Crippen LogP) is 1.56. The smallest absolute Gasteiger partial charge is 0.205 e. The van der Waals surface area contributed by atoms with Gasteiger partial charge in [0.2, 0.25) is 5.13 Å².